The third-order valence-electron chi connectivity index (χ3n) is 3.81. The molecule has 0 bridgehead atoms. The second-order valence-electron chi connectivity index (χ2n) is 5.52. The highest BCUT2D eigenvalue weighted by molar-refractivity contribution is 5.33. The number of ether oxygens (including phenoxy) is 2. The predicted octanol–water partition coefficient (Wildman–Crippen LogP) is 3.77. The summed E-state index contributed by atoms with van der Waals surface area (Å²) >= 11 is 0. The minimum Gasteiger partial charge on any atom is -0.457 e. The molecule has 0 heterocycles. The summed E-state index contributed by atoms with van der Waals surface area (Å²) in [6.45, 7) is 0.870. The normalized spacial score (nSPS) is 20.8. The minimum atomic E-state index is 0.278. The lowest BCUT2D eigenvalue weighted by Gasteiger charge is -2.33. The van der Waals surface area contributed by atoms with Crippen LogP contribution in [-0.4, -0.2) is 17.8 Å². The van der Waals surface area contributed by atoms with E-state index in [2.05, 4.69) is 0 Å². The molecular formula is C18H20O3. The molecular weight excluding hydrogens is 264 g/mol. The van der Waals surface area contributed by atoms with E-state index >= 15 is 0 Å². The van der Waals surface area contributed by atoms with Gasteiger partial charge in [-0.1, -0.05) is 30.3 Å². The van der Waals surface area contributed by atoms with Crippen molar-refractivity contribution < 1.29 is 14.6 Å². The van der Waals surface area contributed by atoms with E-state index in [1.807, 2.05) is 54.6 Å². The lowest BCUT2D eigenvalue weighted by Crippen LogP contribution is -2.33. The number of aliphatic hydroxyl groups is 1. The van der Waals surface area contributed by atoms with Crippen molar-refractivity contribution in [3.63, 3.8) is 0 Å². The van der Waals surface area contributed by atoms with Crippen LogP contribution in [0.25, 0.3) is 0 Å². The Kier molecular flexibility index (Phi) is 4.53. The van der Waals surface area contributed by atoms with Gasteiger partial charge in [-0.15, -0.1) is 0 Å². The maximum absolute atomic E-state index is 8.99. The first-order valence-corrected chi connectivity index (χ1v) is 7.38. The Morgan fingerprint density at radius 2 is 1.71 bits per heavy atom. The van der Waals surface area contributed by atoms with Crippen LogP contribution in [0.3, 0.4) is 0 Å². The summed E-state index contributed by atoms with van der Waals surface area (Å²) in [6, 6.07) is 17.7. The van der Waals surface area contributed by atoms with Crippen molar-refractivity contribution in [1.82, 2.24) is 0 Å². The molecule has 3 heteroatoms. The van der Waals surface area contributed by atoms with Crippen LogP contribution in [0.15, 0.2) is 54.6 Å². The lowest BCUT2D eigenvalue weighted by molar-refractivity contribution is -0.0533. The van der Waals surface area contributed by atoms with Gasteiger partial charge in [-0.25, -0.2) is 0 Å². The van der Waals surface area contributed by atoms with Gasteiger partial charge in [0.25, 0.3) is 0 Å². The quantitative estimate of drug-likeness (QED) is 0.877. The monoisotopic (exact) mass is 284 g/mol. The molecule has 0 unspecified atom stereocenters. The fraction of sp³-hybridized carbons (Fsp3) is 0.333. The van der Waals surface area contributed by atoms with E-state index in [4.69, 9.17) is 14.6 Å². The summed E-state index contributed by atoms with van der Waals surface area (Å²) in [5, 5.41) is 8.99. The SMILES string of the molecule is OC[C@H]1C[C@@H](OCc2cccc(Oc3ccccc3)c2)C1. The van der Waals surface area contributed by atoms with Crippen LogP contribution in [0.5, 0.6) is 11.5 Å². The molecule has 0 radical (unpaired) electrons. The third kappa shape index (κ3) is 3.84. The molecule has 0 aliphatic heterocycles. The molecule has 0 amide bonds. The maximum Gasteiger partial charge on any atom is 0.127 e. The van der Waals surface area contributed by atoms with Gasteiger partial charge in [0.15, 0.2) is 0 Å². The second kappa shape index (κ2) is 6.74. The van der Waals surface area contributed by atoms with Gasteiger partial charge in [0.05, 0.1) is 12.7 Å². The Morgan fingerprint density at radius 3 is 2.48 bits per heavy atom. The van der Waals surface area contributed by atoms with Gasteiger partial charge in [-0.05, 0) is 48.6 Å². The highest BCUT2D eigenvalue weighted by atomic mass is 16.5. The summed E-state index contributed by atoms with van der Waals surface area (Å²) in [6.07, 6.45) is 2.23. The number of hydrogen-bond donors (Lipinski definition) is 1. The summed E-state index contributed by atoms with van der Waals surface area (Å²) in [5.74, 6) is 2.09. The molecule has 1 N–H and O–H groups in total. The third-order valence-corrected chi connectivity index (χ3v) is 3.81. The zero-order chi connectivity index (χ0) is 14.5. The maximum atomic E-state index is 8.99. The molecule has 1 aliphatic carbocycles. The number of rotatable bonds is 6. The van der Waals surface area contributed by atoms with Crippen LogP contribution in [0.2, 0.25) is 0 Å². The molecule has 0 atom stereocenters. The van der Waals surface area contributed by atoms with E-state index in [-0.39, 0.29) is 6.61 Å². The molecule has 0 saturated heterocycles. The van der Waals surface area contributed by atoms with Crippen molar-refractivity contribution in [1.29, 1.82) is 0 Å². The van der Waals surface area contributed by atoms with E-state index in [0.29, 0.717) is 18.6 Å². The summed E-state index contributed by atoms with van der Waals surface area (Å²) in [7, 11) is 0. The van der Waals surface area contributed by atoms with Gasteiger partial charge in [0.2, 0.25) is 0 Å². The number of hydrogen-bond acceptors (Lipinski definition) is 3. The van der Waals surface area contributed by atoms with E-state index in [1.54, 1.807) is 0 Å². The summed E-state index contributed by atoms with van der Waals surface area (Å²) in [4.78, 5) is 0. The molecule has 3 rings (SSSR count). The predicted molar refractivity (Wildman–Crippen MR) is 81.3 cm³/mol. The second-order valence-corrected chi connectivity index (χ2v) is 5.52. The number of para-hydroxylation sites is 1. The first-order chi connectivity index (χ1) is 10.3. The first-order valence-electron chi connectivity index (χ1n) is 7.38. The Morgan fingerprint density at radius 1 is 0.952 bits per heavy atom. The Balaban J connectivity index is 1.54. The molecule has 1 saturated carbocycles. The van der Waals surface area contributed by atoms with Gasteiger partial charge in [-0.2, -0.15) is 0 Å². The molecule has 2 aromatic rings. The number of aliphatic hydroxyl groups excluding tert-OH is 1. The van der Waals surface area contributed by atoms with E-state index in [1.165, 1.54) is 0 Å². The molecule has 110 valence electrons. The molecule has 3 nitrogen and oxygen atoms in total. The highest BCUT2D eigenvalue weighted by Crippen LogP contribution is 2.30. The zero-order valence-electron chi connectivity index (χ0n) is 11.9. The average molecular weight is 284 g/mol. The topological polar surface area (TPSA) is 38.7 Å². The Labute approximate surface area is 125 Å². The standard InChI is InChI=1S/C18H20O3/c19-12-15-10-18(11-15)20-13-14-5-4-8-17(9-14)21-16-6-2-1-3-7-16/h1-9,15,18-19H,10-13H2/t15-,18+. The fourth-order valence-electron chi connectivity index (χ4n) is 2.50. The van der Waals surface area contributed by atoms with Crippen LogP contribution in [0.1, 0.15) is 18.4 Å². The first kappa shape index (κ1) is 14.1. The van der Waals surface area contributed by atoms with Gasteiger partial charge in [0.1, 0.15) is 11.5 Å². The van der Waals surface area contributed by atoms with Crippen LogP contribution in [0.4, 0.5) is 0 Å². The summed E-state index contributed by atoms with van der Waals surface area (Å²) in [5.41, 5.74) is 1.11. The Bertz CT molecular complexity index is 562. The van der Waals surface area contributed by atoms with Crippen LogP contribution in [-0.2, 0) is 11.3 Å². The van der Waals surface area contributed by atoms with Crippen molar-refractivity contribution in [2.45, 2.75) is 25.6 Å². The molecule has 1 fully saturated rings. The van der Waals surface area contributed by atoms with E-state index in [9.17, 15) is 0 Å². The molecule has 0 spiro atoms. The Hall–Kier alpha value is -1.84. The zero-order valence-corrected chi connectivity index (χ0v) is 11.9. The van der Waals surface area contributed by atoms with Crippen molar-refractivity contribution in [3.8, 4) is 11.5 Å². The molecule has 21 heavy (non-hydrogen) atoms. The number of benzene rings is 2. The lowest BCUT2D eigenvalue weighted by atomic mass is 9.83. The largest absolute Gasteiger partial charge is 0.457 e. The van der Waals surface area contributed by atoms with Crippen molar-refractivity contribution >= 4 is 0 Å². The van der Waals surface area contributed by atoms with Crippen LogP contribution < -0.4 is 4.74 Å². The van der Waals surface area contributed by atoms with Crippen LogP contribution >= 0.6 is 0 Å². The van der Waals surface area contributed by atoms with E-state index in [0.717, 1.165) is 29.9 Å². The van der Waals surface area contributed by atoms with Gasteiger partial charge >= 0.3 is 0 Å². The van der Waals surface area contributed by atoms with Crippen molar-refractivity contribution in [2.75, 3.05) is 6.61 Å². The highest BCUT2D eigenvalue weighted by Gasteiger charge is 2.28. The smallest absolute Gasteiger partial charge is 0.127 e. The van der Waals surface area contributed by atoms with Gasteiger partial charge in [-0.3, -0.25) is 0 Å². The molecule has 2 aromatic carbocycles. The van der Waals surface area contributed by atoms with Gasteiger partial charge < -0.3 is 14.6 Å². The summed E-state index contributed by atoms with van der Waals surface area (Å²) < 4.78 is 11.6. The van der Waals surface area contributed by atoms with Crippen molar-refractivity contribution in [3.05, 3.63) is 60.2 Å². The van der Waals surface area contributed by atoms with E-state index < -0.39 is 0 Å². The van der Waals surface area contributed by atoms with Crippen molar-refractivity contribution in [2.24, 2.45) is 5.92 Å². The fourth-order valence-corrected chi connectivity index (χ4v) is 2.50. The van der Waals surface area contributed by atoms with Crippen LogP contribution in [0, 0.1) is 5.92 Å². The molecule has 1 aliphatic rings. The van der Waals surface area contributed by atoms with Gasteiger partial charge in [0, 0.05) is 6.61 Å². The molecule has 0 aromatic heterocycles. The minimum absolute atomic E-state index is 0.278. The average Bonchev–Trinajstić information content (AvgIpc) is 2.47.